The van der Waals surface area contributed by atoms with E-state index in [1.54, 1.807) is 18.2 Å². The van der Waals surface area contributed by atoms with Crippen LogP contribution in [-0.4, -0.2) is 35.4 Å². The Hall–Kier alpha value is -2.29. The van der Waals surface area contributed by atoms with E-state index < -0.39 is 17.8 Å². The summed E-state index contributed by atoms with van der Waals surface area (Å²) in [6, 6.07) is 7.93. The highest BCUT2D eigenvalue weighted by Crippen LogP contribution is 2.31. The maximum Gasteiger partial charge on any atom is 0.435 e. The number of hydrogen-bond donors (Lipinski definition) is 1. The topological polar surface area (TPSA) is 58.1 Å². The Labute approximate surface area is 165 Å². The molecule has 1 fully saturated rings. The van der Waals surface area contributed by atoms with E-state index in [1.807, 2.05) is 17.2 Å². The predicted molar refractivity (Wildman–Crippen MR) is 104 cm³/mol. The summed E-state index contributed by atoms with van der Waals surface area (Å²) < 4.78 is 39.4. The summed E-state index contributed by atoms with van der Waals surface area (Å²) in [5.41, 5.74) is -0.767. The van der Waals surface area contributed by atoms with Gasteiger partial charge in [-0.3, -0.25) is 4.79 Å². The molecule has 1 amide bonds. The number of anilines is 2. The summed E-state index contributed by atoms with van der Waals surface area (Å²) >= 11 is 1.51. The van der Waals surface area contributed by atoms with Gasteiger partial charge in [-0.25, -0.2) is 0 Å². The van der Waals surface area contributed by atoms with Crippen molar-refractivity contribution in [2.45, 2.75) is 36.8 Å². The maximum absolute atomic E-state index is 13.1. The molecule has 150 valence electrons. The Kier molecular flexibility index (Phi) is 6.43. The van der Waals surface area contributed by atoms with Gasteiger partial charge >= 0.3 is 6.18 Å². The van der Waals surface area contributed by atoms with Crippen molar-refractivity contribution in [3.8, 4) is 0 Å². The van der Waals surface area contributed by atoms with Crippen LogP contribution < -0.4 is 10.2 Å². The highest BCUT2D eigenvalue weighted by molar-refractivity contribution is 7.98. The zero-order valence-corrected chi connectivity index (χ0v) is 16.2. The molecule has 0 saturated carbocycles. The van der Waals surface area contributed by atoms with Crippen LogP contribution >= 0.6 is 11.8 Å². The van der Waals surface area contributed by atoms with Crippen LogP contribution in [0.5, 0.6) is 0 Å². The Morgan fingerprint density at radius 3 is 2.46 bits per heavy atom. The fourth-order valence-electron chi connectivity index (χ4n) is 3.11. The largest absolute Gasteiger partial charge is 0.435 e. The normalized spacial score (nSPS) is 15.2. The zero-order chi connectivity index (χ0) is 20.1. The first-order valence-corrected chi connectivity index (χ1v) is 10.3. The van der Waals surface area contributed by atoms with E-state index >= 15 is 0 Å². The van der Waals surface area contributed by atoms with Crippen LogP contribution in [0.15, 0.2) is 35.2 Å². The summed E-state index contributed by atoms with van der Waals surface area (Å²) in [4.78, 5) is 15.7. The number of carbonyl (C=O) groups excluding carboxylic acids is 1. The van der Waals surface area contributed by atoms with Gasteiger partial charge in [0.25, 0.3) is 5.91 Å². The number of amides is 1. The molecule has 0 aliphatic carbocycles. The number of carbonyl (C=O) groups is 1. The van der Waals surface area contributed by atoms with Crippen LogP contribution in [0.4, 0.5) is 24.7 Å². The predicted octanol–water partition coefficient (Wildman–Crippen LogP) is 4.85. The van der Waals surface area contributed by atoms with Crippen molar-refractivity contribution in [2.75, 3.05) is 29.6 Å². The molecule has 0 bridgehead atoms. The van der Waals surface area contributed by atoms with E-state index in [0.29, 0.717) is 18.8 Å². The molecule has 1 saturated heterocycles. The minimum absolute atomic E-state index is 0.112. The summed E-state index contributed by atoms with van der Waals surface area (Å²) in [6.07, 6.45) is 1.14. The molecule has 9 heteroatoms. The Morgan fingerprint density at radius 1 is 1.11 bits per heavy atom. The Morgan fingerprint density at radius 2 is 1.82 bits per heavy atom. The van der Waals surface area contributed by atoms with Gasteiger partial charge in [-0.05, 0) is 43.4 Å². The smallest absolute Gasteiger partial charge is 0.354 e. The van der Waals surface area contributed by atoms with Crippen LogP contribution in [0.25, 0.3) is 0 Å². The van der Waals surface area contributed by atoms with Crippen molar-refractivity contribution in [1.29, 1.82) is 0 Å². The van der Waals surface area contributed by atoms with Gasteiger partial charge in [0.2, 0.25) is 0 Å². The lowest BCUT2D eigenvalue weighted by Gasteiger charge is -2.23. The molecule has 0 spiro atoms. The summed E-state index contributed by atoms with van der Waals surface area (Å²) in [5, 5.41) is 9.82. The zero-order valence-electron chi connectivity index (χ0n) is 15.4. The molecule has 28 heavy (non-hydrogen) atoms. The van der Waals surface area contributed by atoms with Gasteiger partial charge in [-0.2, -0.15) is 13.2 Å². The number of halogens is 3. The van der Waals surface area contributed by atoms with Crippen molar-refractivity contribution in [3.63, 3.8) is 0 Å². The molecule has 2 heterocycles. The van der Waals surface area contributed by atoms with E-state index in [0.717, 1.165) is 36.6 Å². The first kappa shape index (κ1) is 20.4. The molecular formula is C19H21F3N4OS. The fraction of sp³-hybridized carbons (Fsp3) is 0.421. The molecule has 1 aliphatic heterocycles. The quantitative estimate of drug-likeness (QED) is 0.731. The molecule has 0 atom stereocenters. The van der Waals surface area contributed by atoms with Gasteiger partial charge in [0.15, 0.2) is 11.5 Å². The van der Waals surface area contributed by atoms with E-state index in [1.165, 1.54) is 11.8 Å². The maximum atomic E-state index is 13.1. The first-order chi connectivity index (χ1) is 13.4. The molecule has 2 aromatic rings. The molecule has 0 radical (unpaired) electrons. The number of aromatic nitrogens is 2. The highest BCUT2D eigenvalue weighted by Gasteiger charge is 2.35. The summed E-state index contributed by atoms with van der Waals surface area (Å²) in [7, 11) is 0. The van der Waals surface area contributed by atoms with Crippen molar-refractivity contribution in [1.82, 2.24) is 10.2 Å². The Bertz CT molecular complexity index is 836. The van der Waals surface area contributed by atoms with Crippen molar-refractivity contribution < 1.29 is 18.0 Å². The van der Waals surface area contributed by atoms with E-state index in [9.17, 15) is 18.0 Å². The average molecular weight is 410 g/mol. The van der Waals surface area contributed by atoms with Crippen molar-refractivity contribution in [3.05, 3.63) is 41.6 Å². The van der Waals surface area contributed by atoms with Gasteiger partial charge in [0.05, 0.1) is 5.56 Å². The summed E-state index contributed by atoms with van der Waals surface area (Å²) in [6.45, 7) is 1.28. The van der Waals surface area contributed by atoms with Crippen LogP contribution in [0, 0.1) is 0 Å². The highest BCUT2D eigenvalue weighted by atomic mass is 32.2. The lowest BCUT2D eigenvalue weighted by atomic mass is 10.2. The number of hydrogen-bond acceptors (Lipinski definition) is 5. The second-order valence-corrected chi connectivity index (χ2v) is 7.43. The minimum Gasteiger partial charge on any atom is -0.354 e. The van der Waals surface area contributed by atoms with Crippen LogP contribution in [0.2, 0.25) is 0 Å². The number of nitrogens with one attached hydrogen (secondary N) is 1. The molecule has 0 unspecified atom stereocenters. The number of rotatable bonds is 4. The van der Waals surface area contributed by atoms with Crippen molar-refractivity contribution in [2.24, 2.45) is 0 Å². The molecule has 3 rings (SSSR count). The lowest BCUT2D eigenvalue weighted by Crippen LogP contribution is -2.29. The SMILES string of the molecule is CSc1cccc(NC(=O)c2cc(C(F)(F)F)nnc2N2CCCCCC2)c1. The Balaban J connectivity index is 1.95. The van der Waals surface area contributed by atoms with Gasteiger partial charge < -0.3 is 10.2 Å². The standard InChI is InChI=1S/C19H21F3N4OS/c1-28-14-8-6-7-13(11-14)23-18(27)15-12-16(19(20,21)22)24-25-17(15)26-9-4-2-3-5-10-26/h6-8,11-12H,2-5,9-10H2,1H3,(H,23,27). The second-order valence-electron chi connectivity index (χ2n) is 6.55. The number of thioether (sulfide) groups is 1. The number of benzene rings is 1. The van der Waals surface area contributed by atoms with Crippen molar-refractivity contribution >= 4 is 29.2 Å². The third-order valence-electron chi connectivity index (χ3n) is 4.54. The molecule has 1 aliphatic rings. The number of nitrogens with zero attached hydrogens (tertiary/aromatic N) is 3. The first-order valence-electron chi connectivity index (χ1n) is 9.04. The van der Waals surface area contributed by atoms with Gasteiger partial charge in [-0.1, -0.05) is 18.9 Å². The van der Waals surface area contributed by atoms with Crippen LogP contribution in [0.1, 0.15) is 41.7 Å². The fourth-order valence-corrected chi connectivity index (χ4v) is 3.57. The molecule has 1 aromatic carbocycles. The minimum atomic E-state index is -4.67. The second kappa shape index (κ2) is 8.81. The lowest BCUT2D eigenvalue weighted by molar-refractivity contribution is -0.141. The van der Waals surface area contributed by atoms with E-state index in [2.05, 4.69) is 15.5 Å². The molecule has 5 nitrogen and oxygen atoms in total. The third kappa shape index (κ3) is 4.95. The molecular weight excluding hydrogens is 389 g/mol. The van der Waals surface area contributed by atoms with Crippen LogP contribution in [-0.2, 0) is 6.18 Å². The third-order valence-corrected chi connectivity index (χ3v) is 5.27. The van der Waals surface area contributed by atoms with Gasteiger partial charge in [0.1, 0.15) is 0 Å². The van der Waals surface area contributed by atoms with Gasteiger partial charge in [-0.15, -0.1) is 22.0 Å². The number of alkyl halides is 3. The molecule has 1 aromatic heterocycles. The van der Waals surface area contributed by atoms with Gasteiger partial charge in [0, 0.05) is 23.7 Å². The van der Waals surface area contributed by atoms with E-state index in [-0.39, 0.29) is 11.4 Å². The monoisotopic (exact) mass is 410 g/mol. The van der Waals surface area contributed by atoms with E-state index in [4.69, 9.17) is 0 Å². The summed E-state index contributed by atoms with van der Waals surface area (Å²) in [5.74, 6) is -0.425. The average Bonchev–Trinajstić information content (AvgIpc) is 2.96. The molecule has 1 N–H and O–H groups in total. The van der Waals surface area contributed by atoms with Crippen LogP contribution in [0.3, 0.4) is 0 Å².